The first-order chi connectivity index (χ1) is 7.72. The first kappa shape index (κ1) is 11.7. The van der Waals surface area contributed by atoms with Crippen molar-refractivity contribution in [3.05, 3.63) is 35.9 Å². The zero-order chi connectivity index (χ0) is 11.5. The second-order valence-electron chi connectivity index (χ2n) is 5.20. The van der Waals surface area contributed by atoms with Crippen molar-refractivity contribution >= 4 is 0 Å². The van der Waals surface area contributed by atoms with Crippen LogP contribution in [0.1, 0.15) is 45.1 Å². The predicted octanol–water partition coefficient (Wildman–Crippen LogP) is 3.57. The van der Waals surface area contributed by atoms with E-state index in [0.29, 0.717) is 12.1 Å². The summed E-state index contributed by atoms with van der Waals surface area (Å²) in [7, 11) is 0. The molecule has 0 amide bonds. The van der Waals surface area contributed by atoms with Crippen molar-refractivity contribution in [2.24, 2.45) is 5.92 Å². The molecule has 1 nitrogen and oxygen atoms in total. The van der Waals surface area contributed by atoms with Gasteiger partial charge in [0.1, 0.15) is 0 Å². The minimum absolute atomic E-state index is 0.642. The van der Waals surface area contributed by atoms with Gasteiger partial charge in [0.2, 0.25) is 0 Å². The Bertz CT molecular complexity index is 319. The van der Waals surface area contributed by atoms with Crippen LogP contribution in [0.25, 0.3) is 0 Å². The lowest BCUT2D eigenvalue weighted by Crippen LogP contribution is -2.34. The summed E-state index contributed by atoms with van der Waals surface area (Å²) in [5, 5.41) is 3.75. The maximum absolute atomic E-state index is 3.75. The van der Waals surface area contributed by atoms with Crippen molar-refractivity contribution in [3.63, 3.8) is 0 Å². The van der Waals surface area contributed by atoms with E-state index in [4.69, 9.17) is 0 Å². The van der Waals surface area contributed by atoms with Gasteiger partial charge >= 0.3 is 0 Å². The highest BCUT2D eigenvalue weighted by atomic mass is 15.0. The molecule has 1 aromatic rings. The van der Waals surface area contributed by atoms with E-state index in [1.165, 1.54) is 18.4 Å². The van der Waals surface area contributed by atoms with E-state index in [2.05, 4.69) is 56.4 Å². The van der Waals surface area contributed by atoms with Crippen LogP contribution in [-0.4, -0.2) is 12.1 Å². The molecule has 0 bridgehead atoms. The van der Waals surface area contributed by atoms with Gasteiger partial charge < -0.3 is 5.32 Å². The summed E-state index contributed by atoms with van der Waals surface area (Å²) >= 11 is 0. The molecule has 4 atom stereocenters. The van der Waals surface area contributed by atoms with Gasteiger partial charge in [-0.05, 0) is 24.8 Å². The van der Waals surface area contributed by atoms with E-state index in [9.17, 15) is 0 Å². The second-order valence-corrected chi connectivity index (χ2v) is 5.20. The van der Waals surface area contributed by atoms with Crippen molar-refractivity contribution in [2.45, 2.75) is 51.6 Å². The Morgan fingerprint density at radius 1 is 1.25 bits per heavy atom. The van der Waals surface area contributed by atoms with Crippen LogP contribution in [0.3, 0.4) is 0 Å². The molecule has 1 aliphatic carbocycles. The Balaban J connectivity index is 1.84. The van der Waals surface area contributed by atoms with Gasteiger partial charge in [-0.2, -0.15) is 0 Å². The number of rotatable bonds is 5. The van der Waals surface area contributed by atoms with Gasteiger partial charge in [0.25, 0.3) is 0 Å². The third-order valence-corrected chi connectivity index (χ3v) is 3.99. The zero-order valence-electron chi connectivity index (χ0n) is 10.6. The number of hydrogen-bond acceptors (Lipinski definition) is 1. The topological polar surface area (TPSA) is 12.0 Å². The summed E-state index contributed by atoms with van der Waals surface area (Å²) in [4.78, 5) is 0. The van der Waals surface area contributed by atoms with Crippen molar-refractivity contribution < 1.29 is 0 Å². The molecule has 0 aromatic heterocycles. The first-order valence-electron chi connectivity index (χ1n) is 6.53. The minimum Gasteiger partial charge on any atom is -0.311 e. The third-order valence-electron chi connectivity index (χ3n) is 3.99. The number of hydrogen-bond donors (Lipinski definition) is 1. The van der Waals surface area contributed by atoms with Crippen LogP contribution >= 0.6 is 0 Å². The molecule has 88 valence electrons. The Morgan fingerprint density at radius 3 is 2.56 bits per heavy atom. The highest BCUT2D eigenvalue weighted by Crippen LogP contribution is 2.41. The minimum atomic E-state index is 0.642. The Hall–Kier alpha value is -0.820. The molecule has 1 fully saturated rings. The van der Waals surface area contributed by atoms with Crippen LogP contribution in [0, 0.1) is 5.92 Å². The van der Waals surface area contributed by atoms with Crippen molar-refractivity contribution in [1.82, 2.24) is 5.32 Å². The summed E-state index contributed by atoms with van der Waals surface area (Å²) in [5.41, 5.74) is 1.50. The molecule has 0 heterocycles. The maximum Gasteiger partial charge on any atom is 0.0145 e. The van der Waals surface area contributed by atoms with Gasteiger partial charge in [-0.1, -0.05) is 50.6 Å². The number of nitrogens with one attached hydrogen (secondary N) is 1. The van der Waals surface area contributed by atoms with Crippen LogP contribution in [0.5, 0.6) is 0 Å². The van der Waals surface area contributed by atoms with E-state index in [0.717, 1.165) is 11.8 Å². The molecule has 0 spiro atoms. The highest BCUT2D eigenvalue weighted by Gasteiger charge is 2.38. The fourth-order valence-electron chi connectivity index (χ4n) is 2.30. The monoisotopic (exact) mass is 217 g/mol. The maximum atomic E-state index is 3.75. The second kappa shape index (κ2) is 5.01. The van der Waals surface area contributed by atoms with E-state index in [-0.39, 0.29) is 0 Å². The molecule has 1 N–H and O–H groups in total. The quantitative estimate of drug-likeness (QED) is 0.795. The molecular formula is C15H23N. The van der Waals surface area contributed by atoms with E-state index in [1.54, 1.807) is 0 Å². The summed E-state index contributed by atoms with van der Waals surface area (Å²) in [6.45, 7) is 6.91. The lowest BCUT2D eigenvalue weighted by Gasteiger charge is -2.20. The van der Waals surface area contributed by atoms with Gasteiger partial charge in [-0.25, -0.2) is 0 Å². The SMILES string of the molecule is CCC(C)C(C)NC1CC1c1ccccc1. The molecule has 1 aliphatic rings. The van der Waals surface area contributed by atoms with Crippen LogP contribution in [0.4, 0.5) is 0 Å². The molecule has 0 aliphatic heterocycles. The van der Waals surface area contributed by atoms with Crippen LogP contribution < -0.4 is 5.32 Å². The standard InChI is InChI=1S/C15H23N/c1-4-11(2)12(3)16-15-10-14(15)13-8-6-5-7-9-13/h5-9,11-12,14-16H,4,10H2,1-3H3. The molecule has 2 rings (SSSR count). The largest absolute Gasteiger partial charge is 0.311 e. The van der Waals surface area contributed by atoms with E-state index >= 15 is 0 Å². The van der Waals surface area contributed by atoms with Gasteiger partial charge in [0.05, 0.1) is 0 Å². The lowest BCUT2D eigenvalue weighted by atomic mass is 10.0. The Labute approximate surface area is 99.3 Å². The average Bonchev–Trinajstić information content (AvgIpc) is 3.08. The van der Waals surface area contributed by atoms with E-state index in [1.807, 2.05) is 0 Å². The van der Waals surface area contributed by atoms with Crippen molar-refractivity contribution in [2.75, 3.05) is 0 Å². The Kier molecular flexibility index (Phi) is 3.65. The van der Waals surface area contributed by atoms with Gasteiger partial charge in [0.15, 0.2) is 0 Å². The van der Waals surface area contributed by atoms with Crippen LogP contribution in [0.15, 0.2) is 30.3 Å². The molecule has 1 saturated carbocycles. The number of benzene rings is 1. The van der Waals surface area contributed by atoms with Crippen molar-refractivity contribution in [3.8, 4) is 0 Å². The molecule has 1 heteroatoms. The highest BCUT2D eigenvalue weighted by molar-refractivity contribution is 5.27. The fraction of sp³-hybridized carbons (Fsp3) is 0.600. The summed E-state index contributed by atoms with van der Waals surface area (Å²) in [6, 6.07) is 12.2. The van der Waals surface area contributed by atoms with Crippen molar-refractivity contribution in [1.29, 1.82) is 0 Å². The molecule has 16 heavy (non-hydrogen) atoms. The predicted molar refractivity (Wildman–Crippen MR) is 69.6 cm³/mol. The smallest absolute Gasteiger partial charge is 0.0145 e. The van der Waals surface area contributed by atoms with Crippen LogP contribution in [-0.2, 0) is 0 Å². The summed E-state index contributed by atoms with van der Waals surface area (Å²) in [5.74, 6) is 1.53. The van der Waals surface area contributed by atoms with Gasteiger partial charge in [-0.15, -0.1) is 0 Å². The van der Waals surface area contributed by atoms with E-state index < -0.39 is 0 Å². The molecular weight excluding hydrogens is 194 g/mol. The third kappa shape index (κ3) is 2.65. The Morgan fingerprint density at radius 2 is 1.94 bits per heavy atom. The normalized spacial score (nSPS) is 27.4. The first-order valence-corrected chi connectivity index (χ1v) is 6.53. The van der Waals surface area contributed by atoms with Crippen LogP contribution in [0.2, 0.25) is 0 Å². The fourth-order valence-corrected chi connectivity index (χ4v) is 2.30. The summed E-state index contributed by atoms with van der Waals surface area (Å²) < 4.78 is 0. The lowest BCUT2D eigenvalue weighted by molar-refractivity contribution is 0.386. The molecule has 1 aromatic carbocycles. The average molecular weight is 217 g/mol. The van der Waals surface area contributed by atoms with Gasteiger partial charge in [-0.3, -0.25) is 0 Å². The molecule has 0 radical (unpaired) electrons. The molecule has 0 saturated heterocycles. The zero-order valence-corrected chi connectivity index (χ0v) is 10.6. The van der Waals surface area contributed by atoms with Gasteiger partial charge in [0, 0.05) is 18.0 Å². The molecule has 4 unspecified atom stereocenters. The summed E-state index contributed by atoms with van der Waals surface area (Å²) in [6.07, 6.45) is 2.57.